The molecule has 0 bridgehead atoms. The number of rotatable bonds is 2. The van der Waals surface area contributed by atoms with Crippen molar-refractivity contribution < 1.29 is 0 Å². The number of nitrogens with zero attached hydrogens (tertiary/aromatic N) is 2. The number of nitrogens with two attached hydrogens (primary N) is 1. The van der Waals surface area contributed by atoms with Gasteiger partial charge in [0.1, 0.15) is 0 Å². The minimum absolute atomic E-state index is 0.279. The van der Waals surface area contributed by atoms with Crippen molar-refractivity contribution in [2.24, 2.45) is 18.0 Å². The van der Waals surface area contributed by atoms with Crippen molar-refractivity contribution in [3.63, 3.8) is 0 Å². The Bertz CT molecular complexity index is 572. The molecule has 1 aromatic carbocycles. The third kappa shape index (κ3) is 2.43. The number of para-hydroxylation sites is 1. The number of benzene rings is 1. The lowest BCUT2D eigenvalue weighted by atomic mass is 10.2. The van der Waals surface area contributed by atoms with Crippen LogP contribution in [0.3, 0.4) is 0 Å². The summed E-state index contributed by atoms with van der Waals surface area (Å²) >= 11 is 4.81. The number of hydrazone groups is 1. The maximum atomic E-state index is 5.11. The zero-order valence-corrected chi connectivity index (χ0v) is 10.2. The van der Waals surface area contributed by atoms with Gasteiger partial charge in [0.05, 0.1) is 6.21 Å². The van der Waals surface area contributed by atoms with Gasteiger partial charge in [0, 0.05) is 29.7 Å². The van der Waals surface area contributed by atoms with E-state index in [4.69, 9.17) is 18.1 Å². The van der Waals surface area contributed by atoms with E-state index >= 15 is 0 Å². The molecule has 0 amide bonds. The molecule has 88 valence electrons. The van der Waals surface area contributed by atoms with Crippen molar-refractivity contribution in [3.8, 4) is 0 Å². The molecule has 0 saturated heterocycles. The molecule has 6 heteroatoms. The van der Waals surface area contributed by atoms with E-state index < -0.39 is 0 Å². The van der Waals surface area contributed by atoms with Crippen molar-refractivity contribution in [2.75, 3.05) is 0 Å². The molecular weight excluding hydrogens is 234 g/mol. The van der Waals surface area contributed by atoms with Crippen LogP contribution >= 0.6 is 12.2 Å². The summed E-state index contributed by atoms with van der Waals surface area (Å²) in [7, 11) is 2.00. The van der Waals surface area contributed by atoms with Gasteiger partial charge in [-0.25, -0.2) is 5.84 Å². The van der Waals surface area contributed by atoms with Gasteiger partial charge in [-0.2, -0.15) is 5.10 Å². The average Bonchev–Trinajstić information content (AvgIpc) is 2.67. The van der Waals surface area contributed by atoms with E-state index in [-0.39, 0.29) is 5.11 Å². The summed E-state index contributed by atoms with van der Waals surface area (Å²) in [6, 6.07) is 8.12. The van der Waals surface area contributed by atoms with E-state index in [0.29, 0.717) is 0 Å². The number of hydrogen-bond acceptors (Lipinski definition) is 3. The molecule has 0 atom stereocenters. The van der Waals surface area contributed by atoms with Crippen LogP contribution in [0, 0.1) is 0 Å². The Morgan fingerprint density at radius 3 is 3.00 bits per heavy atom. The monoisotopic (exact) mass is 247 g/mol. The van der Waals surface area contributed by atoms with Crippen LogP contribution < -0.4 is 16.7 Å². The molecule has 0 radical (unpaired) electrons. The van der Waals surface area contributed by atoms with Gasteiger partial charge in [-0.05, 0) is 18.3 Å². The lowest BCUT2D eigenvalue weighted by molar-refractivity contribution is 0.930. The van der Waals surface area contributed by atoms with Crippen molar-refractivity contribution in [3.05, 3.63) is 36.0 Å². The van der Waals surface area contributed by atoms with Gasteiger partial charge in [0.2, 0.25) is 5.11 Å². The molecule has 2 aromatic rings. The Morgan fingerprint density at radius 1 is 1.47 bits per heavy atom. The van der Waals surface area contributed by atoms with Gasteiger partial charge in [0.15, 0.2) is 0 Å². The van der Waals surface area contributed by atoms with Crippen LogP contribution in [0.25, 0.3) is 10.9 Å². The predicted octanol–water partition coefficient (Wildman–Crippen LogP) is 0.850. The van der Waals surface area contributed by atoms with Gasteiger partial charge >= 0.3 is 0 Å². The van der Waals surface area contributed by atoms with E-state index in [2.05, 4.69) is 32.7 Å². The lowest BCUT2D eigenvalue weighted by Crippen LogP contribution is -2.37. The third-order valence-electron chi connectivity index (χ3n) is 2.43. The first kappa shape index (κ1) is 11.6. The van der Waals surface area contributed by atoms with Crippen molar-refractivity contribution in [1.29, 1.82) is 0 Å². The summed E-state index contributed by atoms with van der Waals surface area (Å²) in [5.74, 6) is 5.11. The van der Waals surface area contributed by atoms with Crippen molar-refractivity contribution in [2.45, 2.75) is 0 Å². The SMILES string of the molecule is Cn1cc(/C=N/NC(=S)NN)c2ccccc21. The van der Waals surface area contributed by atoms with Crippen LogP contribution in [0.1, 0.15) is 5.56 Å². The molecule has 0 aliphatic carbocycles. The Balaban J connectivity index is 2.27. The number of hydrazine groups is 1. The standard InChI is InChI=1S/C11H13N5S/c1-16-7-8(6-13-15-11(17)14-12)9-4-2-3-5-10(9)16/h2-7H,12H2,1H3,(H2,14,15,17)/b13-6+. The van der Waals surface area contributed by atoms with Crippen molar-refractivity contribution >= 4 is 34.4 Å². The first-order chi connectivity index (χ1) is 8.22. The first-order valence-corrected chi connectivity index (χ1v) is 5.47. The quantitative estimate of drug-likeness (QED) is 0.318. The number of aromatic nitrogens is 1. The van der Waals surface area contributed by atoms with Crippen molar-refractivity contribution in [1.82, 2.24) is 15.4 Å². The zero-order chi connectivity index (χ0) is 12.3. The fourth-order valence-corrected chi connectivity index (χ4v) is 1.72. The Morgan fingerprint density at radius 2 is 2.24 bits per heavy atom. The van der Waals surface area contributed by atoms with Crippen LogP contribution in [0.15, 0.2) is 35.6 Å². The fourth-order valence-electron chi connectivity index (χ4n) is 1.67. The molecule has 0 fully saturated rings. The van der Waals surface area contributed by atoms with Gasteiger partial charge in [0.25, 0.3) is 0 Å². The summed E-state index contributed by atoms with van der Waals surface area (Å²) in [4.78, 5) is 0. The highest BCUT2D eigenvalue weighted by Gasteiger charge is 2.02. The molecule has 0 aliphatic heterocycles. The summed E-state index contributed by atoms with van der Waals surface area (Å²) in [5.41, 5.74) is 7.09. The largest absolute Gasteiger partial charge is 0.350 e. The summed E-state index contributed by atoms with van der Waals surface area (Å²) in [6.07, 6.45) is 3.72. The first-order valence-electron chi connectivity index (χ1n) is 5.06. The Hall–Kier alpha value is -1.92. The van der Waals surface area contributed by atoms with E-state index in [0.717, 1.165) is 16.5 Å². The number of aryl methyl sites for hydroxylation is 1. The average molecular weight is 247 g/mol. The fraction of sp³-hybridized carbons (Fsp3) is 0.0909. The van der Waals surface area contributed by atoms with Gasteiger partial charge in [-0.3, -0.25) is 10.9 Å². The molecule has 0 saturated carbocycles. The van der Waals surface area contributed by atoms with Crippen LogP contribution in [0.5, 0.6) is 0 Å². The maximum Gasteiger partial charge on any atom is 0.201 e. The number of thiocarbonyl (C=S) groups is 1. The highest BCUT2D eigenvalue weighted by molar-refractivity contribution is 7.80. The molecule has 17 heavy (non-hydrogen) atoms. The summed E-state index contributed by atoms with van der Waals surface area (Å²) in [5, 5.41) is 5.43. The van der Waals surface area contributed by atoms with Gasteiger partial charge < -0.3 is 4.57 Å². The molecular formula is C11H13N5S. The topological polar surface area (TPSA) is 67.4 Å². The van der Waals surface area contributed by atoms with E-state index in [1.165, 1.54) is 0 Å². The molecule has 5 nitrogen and oxygen atoms in total. The van der Waals surface area contributed by atoms with E-state index in [9.17, 15) is 0 Å². The van der Waals surface area contributed by atoms with Crippen LogP contribution in [-0.4, -0.2) is 15.9 Å². The Kier molecular flexibility index (Phi) is 3.36. The number of nitrogens with one attached hydrogen (secondary N) is 2. The molecule has 1 heterocycles. The second kappa shape index (κ2) is 4.94. The molecule has 4 N–H and O–H groups in total. The normalized spacial score (nSPS) is 10.9. The minimum atomic E-state index is 0.279. The highest BCUT2D eigenvalue weighted by Crippen LogP contribution is 2.18. The number of hydrogen-bond donors (Lipinski definition) is 3. The van der Waals surface area contributed by atoms with Gasteiger partial charge in [-0.15, -0.1) is 0 Å². The van der Waals surface area contributed by atoms with E-state index in [1.54, 1.807) is 6.21 Å². The number of fused-ring (bicyclic) bond motifs is 1. The molecule has 1 aromatic heterocycles. The summed E-state index contributed by atoms with van der Waals surface area (Å²) in [6.45, 7) is 0. The second-order valence-corrected chi connectivity index (χ2v) is 3.96. The molecule has 0 aliphatic rings. The lowest BCUT2D eigenvalue weighted by Gasteiger charge is -1.98. The smallest absolute Gasteiger partial charge is 0.201 e. The van der Waals surface area contributed by atoms with Crippen LogP contribution in [0.2, 0.25) is 0 Å². The zero-order valence-electron chi connectivity index (χ0n) is 9.34. The predicted molar refractivity (Wildman–Crippen MR) is 73.6 cm³/mol. The molecule has 0 unspecified atom stereocenters. The molecule has 2 rings (SSSR count). The van der Waals surface area contributed by atoms with Gasteiger partial charge in [-0.1, -0.05) is 18.2 Å². The highest BCUT2D eigenvalue weighted by atomic mass is 32.1. The summed E-state index contributed by atoms with van der Waals surface area (Å²) < 4.78 is 2.05. The third-order valence-corrected chi connectivity index (χ3v) is 2.64. The second-order valence-electron chi connectivity index (χ2n) is 3.56. The van der Waals surface area contributed by atoms with Crippen LogP contribution in [0.4, 0.5) is 0 Å². The molecule has 0 spiro atoms. The van der Waals surface area contributed by atoms with Crippen LogP contribution in [-0.2, 0) is 7.05 Å². The Labute approximate surface area is 104 Å². The maximum absolute atomic E-state index is 5.11. The minimum Gasteiger partial charge on any atom is -0.350 e. The van der Waals surface area contributed by atoms with E-state index in [1.807, 2.05) is 25.4 Å².